The molecule has 0 amide bonds. The van der Waals surface area contributed by atoms with Crippen molar-refractivity contribution in [1.29, 1.82) is 0 Å². The first-order chi connectivity index (χ1) is 12.3. The van der Waals surface area contributed by atoms with Gasteiger partial charge in [0.15, 0.2) is 11.4 Å². The van der Waals surface area contributed by atoms with Gasteiger partial charge in [0, 0.05) is 19.1 Å². The van der Waals surface area contributed by atoms with Gasteiger partial charge in [-0.15, -0.1) is 13.2 Å². The van der Waals surface area contributed by atoms with Crippen LogP contribution in [0.3, 0.4) is 0 Å². The molecule has 0 bridgehead atoms. The van der Waals surface area contributed by atoms with E-state index in [2.05, 4.69) is 20.0 Å². The van der Waals surface area contributed by atoms with Crippen molar-refractivity contribution < 1.29 is 22.3 Å². The summed E-state index contributed by atoms with van der Waals surface area (Å²) in [5.41, 5.74) is 6.98. The fourth-order valence-electron chi connectivity index (χ4n) is 3.22. The molecule has 1 aliphatic heterocycles. The van der Waals surface area contributed by atoms with Crippen LogP contribution in [0.2, 0.25) is 0 Å². The number of likely N-dealkylation sites (N-methyl/N-ethyl adjacent to an activating group) is 1. The van der Waals surface area contributed by atoms with E-state index in [1.165, 1.54) is 18.2 Å². The molecule has 1 saturated heterocycles. The molecule has 0 unspecified atom stereocenters. The van der Waals surface area contributed by atoms with Crippen LogP contribution in [0, 0.1) is 0 Å². The second-order valence-electron chi connectivity index (χ2n) is 6.11. The van der Waals surface area contributed by atoms with E-state index in [0.717, 1.165) is 19.5 Å². The number of nitrogens with zero attached hydrogens (tertiary/aromatic N) is 3. The minimum Gasteiger partial charge on any atom is -0.450 e. The average Bonchev–Trinajstić information content (AvgIpc) is 3.17. The maximum atomic E-state index is 12.5. The minimum absolute atomic E-state index is 0.0326. The molecule has 3 N–H and O–H groups in total. The highest BCUT2D eigenvalue weighted by Crippen LogP contribution is 2.37. The smallest absolute Gasteiger partial charge is 0.450 e. The van der Waals surface area contributed by atoms with Crippen LogP contribution in [0.15, 0.2) is 22.6 Å². The van der Waals surface area contributed by atoms with E-state index in [-0.39, 0.29) is 11.7 Å². The van der Waals surface area contributed by atoms with Crippen LogP contribution in [0.25, 0.3) is 22.1 Å². The Balaban J connectivity index is 1.84. The van der Waals surface area contributed by atoms with Crippen molar-refractivity contribution in [3.8, 4) is 5.75 Å². The molecular weight excluding hydrogens is 351 g/mol. The van der Waals surface area contributed by atoms with Gasteiger partial charge in [-0.05, 0) is 31.7 Å². The number of hydrogen-bond acceptors (Lipinski definition) is 7. The summed E-state index contributed by atoms with van der Waals surface area (Å²) in [5, 5.41) is 3.60. The van der Waals surface area contributed by atoms with Crippen LogP contribution >= 0.6 is 0 Å². The average molecular weight is 367 g/mol. The zero-order valence-corrected chi connectivity index (χ0v) is 13.8. The minimum atomic E-state index is -4.77. The first kappa shape index (κ1) is 16.7. The molecule has 3 aromatic rings. The Bertz CT molecular complexity index is 972. The lowest BCUT2D eigenvalue weighted by Crippen LogP contribution is -2.30. The molecule has 7 nitrogen and oxygen atoms in total. The Kier molecular flexibility index (Phi) is 3.79. The highest BCUT2D eigenvalue weighted by Gasteiger charge is 2.32. The summed E-state index contributed by atoms with van der Waals surface area (Å²) >= 11 is 0. The zero-order chi connectivity index (χ0) is 18.5. The van der Waals surface area contributed by atoms with E-state index < -0.39 is 6.36 Å². The van der Waals surface area contributed by atoms with Crippen molar-refractivity contribution in [2.45, 2.75) is 18.8 Å². The number of hydrogen-bond donors (Lipinski definition) is 2. The fraction of sp³-hybridized carbons (Fsp3) is 0.375. The summed E-state index contributed by atoms with van der Waals surface area (Å²) < 4.78 is 47.2. The number of rotatable bonds is 3. The zero-order valence-electron chi connectivity index (χ0n) is 13.8. The van der Waals surface area contributed by atoms with Crippen LogP contribution in [0.5, 0.6) is 5.75 Å². The number of benzene rings is 1. The quantitative estimate of drug-likeness (QED) is 0.736. The van der Waals surface area contributed by atoms with Crippen LogP contribution in [0.4, 0.5) is 24.9 Å². The molecule has 10 heteroatoms. The lowest BCUT2D eigenvalue weighted by Gasteiger charge is -2.17. The van der Waals surface area contributed by atoms with E-state index in [0.29, 0.717) is 33.9 Å². The van der Waals surface area contributed by atoms with E-state index in [1.807, 2.05) is 11.9 Å². The first-order valence-corrected chi connectivity index (χ1v) is 8.02. The molecular formula is C16H16F3N5O2. The van der Waals surface area contributed by atoms with Crippen LogP contribution in [-0.4, -0.2) is 42.5 Å². The number of nitrogen functional groups attached to an aromatic ring is 1. The van der Waals surface area contributed by atoms with Gasteiger partial charge in [0.2, 0.25) is 5.95 Å². The standard InChI is InChI=1S/C16H16F3N5O2/c1-21-8-4-5-24(7-8)14-13-12(22-15(20)23-14)10-6-9(26-16(17,18)19)2-3-11(10)25-13/h2-3,6,8,21H,4-5,7H2,1H3,(H2,20,22,23)/t8-/m1/s1. The van der Waals surface area contributed by atoms with Crippen molar-refractivity contribution >= 4 is 33.8 Å². The Morgan fingerprint density at radius 3 is 2.85 bits per heavy atom. The second-order valence-corrected chi connectivity index (χ2v) is 6.11. The third-order valence-corrected chi connectivity index (χ3v) is 4.41. The second kappa shape index (κ2) is 5.90. The summed E-state index contributed by atoms with van der Waals surface area (Å²) in [6.45, 7) is 1.48. The highest BCUT2D eigenvalue weighted by atomic mass is 19.4. The summed E-state index contributed by atoms with van der Waals surface area (Å²) in [7, 11) is 1.89. The van der Waals surface area contributed by atoms with Gasteiger partial charge in [-0.2, -0.15) is 4.98 Å². The molecule has 0 radical (unpaired) electrons. The predicted octanol–water partition coefficient (Wildman–Crippen LogP) is 2.65. The molecule has 0 saturated carbocycles. The Hall–Kier alpha value is -2.75. The van der Waals surface area contributed by atoms with E-state index in [1.54, 1.807) is 0 Å². The number of furan rings is 1. The first-order valence-electron chi connectivity index (χ1n) is 8.02. The fourth-order valence-corrected chi connectivity index (χ4v) is 3.22. The lowest BCUT2D eigenvalue weighted by molar-refractivity contribution is -0.274. The normalized spacial score (nSPS) is 18.2. The molecule has 0 spiro atoms. The Morgan fingerprint density at radius 1 is 1.35 bits per heavy atom. The largest absolute Gasteiger partial charge is 0.573 e. The van der Waals surface area contributed by atoms with Crippen molar-refractivity contribution in [2.24, 2.45) is 0 Å². The lowest BCUT2D eigenvalue weighted by atomic mass is 10.2. The highest BCUT2D eigenvalue weighted by molar-refractivity contribution is 6.06. The predicted molar refractivity (Wildman–Crippen MR) is 90.1 cm³/mol. The van der Waals surface area contributed by atoms with Crippen molar-refractivity contribution in [1.82, 2.24) is 15.3 Å². The summed E-state index contributed by atoms with van der Waals surface area (Å²) in [4.78, 5) is 10.5. The maximum Gasteiger partial charge on any atom is 0.573 e. The molecule has 1 aliphatic rings. The molecule has 0 aliphatic carbocycles. The number of halogens is 3. The van der Waals surface area contributed by atoms with Gasteiger partial charge in [-0.1, -0.05) is 0 Å². The number of nitrogens with one attached hydrogen (secondary N) is 1. The van der Waals surface area contributed by atoms with Gasteiger partial charge in [-0.3, -0.25) is 0 Å². The number of ether oxygens (including phenoxy) is 1. The van der Waals surface area contributed by atoms with E-state index in [9.17, 15) is 13.2 Å². The molecule has 1 atom stereocenters. The van der Waals surface area contributed by atoms with Crippen LogP contribution < -0.4 is 20.7 Å². The molecule has 1 fully saturated rings. The number of alkyl halides is 3. The van der Waals surface area contributed by atoms with Gasteiger partial charge in [0.1, 0.15) is 16.8 Å². The van der Waals surface area contributed by atoms with Crippen LogP contribution in [-0.2, 0) is 0 Å². The number of anilines is 2. The number of nitrogens with two attached hydrogens (primary N) is 1. The maximum absolute atomic E-state index is 12.5. The van der Waals surface area contributed by atoms with E-state index in [4.69, 9.17) is 10.2 Å². The van der Waals surface area contributed by atoms with Crippen molar-refractivity contribution in [2.75, 3.05) is 30.8 Å². The topological polar surface area (TPSA) is 89.4 Å². The number of fused-ring (bicyclic) bond motifs is 3. The van der Waals surface area contributed by atoms with Crippen LogP contribution in [0.1, 0.15) is 6.42 Å². The summed E-state index contributed by atoms with van der Waals surface area (Å²) in [6.07, 6.45) is -3.84. The summed E-state index contributed by atoms with van der Waals surface area (Å²) in [6, 6.07) is 4.17. The molecule has 1 aromatic carbocycles. The Labute approximate surface area is 145 Å². The van der Waals surface area contributed by atoms with Gasteiger partial charge in [0.05, 0.1) is 5.39 Å². The molecule has 138 valence electrons. The molecule has 4 rings (SSSR count). The third kappa shape index (κ3) is 2.96. The van der Waals surface area contributed by atoms with Gasteiger partial charge in [0.25, 0.3) is 0 Å². The monoisotopic (exact) mass is 367 g/mol. The molecule has 26 heavy (non-hydrogen) atoms. The summed E-state index contributed by atoms with van der Waals surface area (Å²) in [5.74, 6) is 0.229. The van der Waals surface area contributed by atoms with Crippen molar-refractivity contribution in [3.05, 3.63) is 18.2 Å². The van der Waals surface area contributed by atoms with Gasteiger partial charge in [-0.25, -0.2) is 4.98 Å². The molecule has 2 aromatic heterocycles. The molecule has 3 heterocycles. The SMILES string of the molecule is CN[C@@H]1CCN(c2nc(N)nc3c2oc2ccc(OC(F)(F)F)cc23)C1. The third-order valence-electron chi connectivity index (χ3n) is 4.41. The van der Waals surface area contributed by atoms with E-state index >= 15 is 0 Å². The van der Waals surface area contributed by atoms with Gasteiger partial charge >= 0.3 is 6.36 Å². The van der Waals surface area contributed by atoms with Crippen molar-refractivity contribution in [3.63, 3.8) is 0 Å². The number of aromatic nitrogens is 2. The van der Waals surface area contributed by atoms with Gasteiger partial charge < -0.3 is 25.1 Å². The Morgan fingerprint density at radius 2 is 2.15 bits per heavy atom.